The minimum Gasteiger partial charge on any atom is -0.462 e. The molecule has 1 aliphatic rings. The minimum absolute atomic E-state index is 0.00643. The van der Waals surface area contributed by atoms with Gasteiger partial charge in [0.25, 0.3) is 0 Å². The third kappa shape index (κ3) is 4.83. The van der Waals surface area contributed by atoms with E-state index in [0.29, 0.717) is 32.4 Å². The van der Waals surface area contributed by atoms with Gasteiger partial charge < -0.3 is 19.8 Å². The Balaban J connectivity index is 1.34. The van der Waals surface area contributed by atoms with Crippen LogP contribution in [0.2, 0.25) is 0 Å². The van der Waals surface area contributed by atoms with Crippen molar-refractivity contribution in [1.82, 2.24) is 19.5 Å². The first-order valence-electron chi connectivity index (χ1n) is 11.1. The lowest BCUT2D eigenvalue weighted by molar-refractivity contribution is -0.0308. The van der Waals surface area contributed by atoms with Gasteiger partial charge in [0, 0.05) is 17.9 Å². The van der Waals surface area contributed by atoms with Crippen LogP contribution in [-0.2, 0) is 9.47 Å². The molecular formula is C25H22IN5O4. The maximum Gasteiger partial charge on any atom is 0.338 e. The lowest BCUT2D eigenvalue weighted by atomic mass is 9.69. The molecule has 3 atom stereocenters. The number of benzene rings is 2. The molecule has 0 radical (unpaired) electrons. The molecule has 0 bridgehead atoms. The van der Waals surface area contributed by atoms with Crippen LogP contribution in [0.25, 0.3) is 11.2 Å². The van der Waals surface area contributed by atoms with Gasteiger partial charge in [0.2, 0.25) is 5.95 Å². The van der Waals surface area contributed by atoms with E-state index < -0.39 is 5.97 Å². The van der Waals surface area contributed by atoms with Gasteiger partial charge in [-0.1, -0.05) is 36.4 Å². The quantitative estimate of drug-likeness (QED) is 0.198. The number of halogens is 1. The number of imidazole rings is 1. The number of aromatic nitrogens is 4. The molecule has 0 unspecified atom stereocenters. The summed E-state index contributed by atoms with van der Waals surface area (Å²) in [6, 6.07) is 17.7. The van der Waals surface area contributed by atoms with E-state index in [-0.39, 0.29) is 43.0 Å². The van der Waals surface area contributed by atoms with Crippen LogP contribution >= 0.6 is 22.6 Å². The molecule has 1 saturated carbocycles. The first-order chi connectivity index (χ1) is 17.0. The average Bonchev–Trinajstić information content (AvgIpc) is 3.28. The van der Waals surface area contributed by atoms with E-state index >= 15 is 0 Å². The molecular weight excluding hydrogens is 561 g/mol. The summed E-state index contributed by atoms with van der Waals surface area (Å²) in [7, 11) is 0. The van der Waals surface area contributed by atoms with E-state index in [9.17, 15) is 9.59 Å². The fraction of sp³-hybridized carbons (Fsp3) is 0.240. The molecule has 0 saturated heterocycles. The molecule has 0 aliphatic heterocycles. The highest BCUT2D eigenvalue weighted by Gasteiger charge is 2.44. The van der Waals surface area contributed by atoms with E-state index in [1.54, 1.807) is 54.9 Å². The van der Waals surface area contributed by atoms with Crippen LogP contribution < -0.4 is 5.73 Å². The van der Waals surface area contributed by atoms with Crippen LogP contribution in [0.1, 0.15) is 33.2 Å². The van der Waals surface area contributed by atoms with Gasteiger partial charge in [0.05, 0.1) is 30.7 Å². The Morgan fingerprint density at radius 3 is 2.17 bits per heavy atom. The number of carbonyl (C=O) groups is 2. The first-order valence-corrected chi connectivity index (χ1v) is 12.2. The number of esters is 2. The molecule has 178 valence electrons. The van der Waals surface area contributed by atoms with E-state index in [1.807, 2.05) is 16.7 Å². The number of nitrogens with two attached hydrogens (primary N) is 1. The Morgan fingerprint density at radius 1 is 0.943 bits per heavy atom. The monoisotopic (exact) mass is 583 g/mol. The zero-order valence-electron chi connectivity index (χ0n) is 18.6. The molecule has 10 heteroatoms. The largest absolute Gasteiger partial charge is 0.462 e. The number of rotatable bonds is 7. The summed E-state index contributed by atoms with van der Waals surface area (Å²) >= 11 is 2.08. The fourth-order valence-electron chi connectivity index (χ4n) is 4.35. The number of carbonyl (C=O) groups excluding carboxylic acids is 2. The van der Waals surface area contributed by atoms with Gasteiger partial charge in [-0.2, -0.15) is 4.98 Å². The SMILES string of the molecule is Nc1nc(I)c2ncn([C@@H]3C[C@H](COC(=O)c4ccccc4)[C@H]3COC(=O)c3ccccc3)c2n1. The molecule has 2 aromatic carbocycles. The summed E-state index contributed by atoms with van der Waals surface area (Å²) in [4.78, 5) is 38.0. The number of nitrogens with zero attached hydrogens (tertiary/aromatic N) is 4. The summed E-state index contributed by atoms with van der Waals surface area (Å²) in [6.07, 6.45) is 2.42. The molecule has 5 rings (SSSR count). The smallest absolute Gasteiger partial charge is 0.338 e. The molecule has 1 aliphatic carbocycles. The zero-order valence-corrected chi connectivity index (χ0v) is 20.7. The average molecular weight is 583 g/mol. The van der Waals surface area contributed by atoms with Gasteiger partial charge in [-0.3, -0.25) is 0 Å². The highest BCUT2D eigenvalue weighted by molar-refractivity contribution is 14.1. The number of hydrogen-bond acceptors (Lipinski definition) is 8. The van der Waals surface area contributed by atoms with Gasteiger partial charge in [-0.05, 0) is 53.3 Å². The zero-order chi connectivity index (χ0) is 24.4. The van der Waals surface area contributed by atoms with E-state index in [1.165, 1.54) is 0 Å². The predicted octanol–water partition coefficient (Wildman–Crippen LogP) is 3.90. The third-order valence-electron chi connectivity index (χ3n) is 6.25. The molecule has 4 aromatic rings. The van der Waals surface area contributed by atoms with E-state index in [2.05, 4.69) is 37.5 Å². The predicted molar refractivity (Wildman–Crippen MR) is 137 cm³/mol. The number of fused-ring (bicyclic) bond motifs is 1. The van der Waals surface area contributed by atoms with Crippen LogP contribution in [0, 0.1) is 15.5 Å². The number of nitrogen functional groups attached to an aromatic ring is 1. The molecule has 35 heavy (non-hydrogen) atoms. The highest BCUT2D eigenvalue weighted by atomic mass is 127. The van der Waals surface area contributed by atoms with Crippen molar-refractivity contribution in [3.05, 3.63) is 81.8 Å². The first kappa shape index (κ1) is 23.2. The Bertz CT molecular complexity index is 1360. The standard InChI is InChI=1S/C25H22IN5O4/c26-21-20-22(30-25(27)29-21)31(14-28-20)19-11-17(12-34-23(32)15-7-3-1-4-8-15)18(19)13-35-24(33)16-9-5-2-6-10-16/h1-10,14,17-19H,11-13H2,(H2,27,29,30)/t17-,18-,19-/m1/s1. The maximum atomic E-state index is 12.6. The van der Waals surface area contributed by atoms with Crippen molar-refractivity contribution in [3.63, 3.8) is 0 Å². The van der Waals surface area contributed by atoms with Crippen molar-refractivity contribution in [1.29, 1.82) is 0 Å². The van der Waals surface area contributed by atoms with Crippen LogP contribution in [-0.4, -0.2) is 44.7 Å². The lowest BCUT2D eigenvalue weighted by Crippen LogP contribution is -2.44. The normalized spacial score (nSPS) is 19.2. The number of anilines is 1. The lowest BCUT2D eigenvalue weighted by Gasteiger charge is -2.44. The van der Waals surface area contributed by atoms with E-state index in [0.717, 1.165) is 0 Å². The van der Waals surface area contributed by atoms with Crippen LogP contribution in [0.15, 0.2) is 67.0 Å². The Labute approximate surface area is 214 Å². The number of ether oxygens (including phenoxy) is 2. The Morgan fingerprint density at radius 2 is 1.54 bits per heavy atom. The topological polar surface area (TPSA) is 122 Å². The summed E-state index contributed by atoms with van der Waals surface area (Å²) in [5.74, 6) is -0.696. The second kappa shape index (κ2) is 9.98. The van der Waals surface area contributed by atoms with E-state index in [4.69, 9.17) is 15.2 Å². The van der Waals surface area contributed by atoms with Gasteiger partial charge in [-0.25, -0.2) is 19.6 Å². The highest BCUT2D eigenvalue weighted by Crippen LogP contribution is 2.45. The molecule has 2 heterocycles. The molecule has 9 nitrogen and oxygen atoms in total. The molecule has 0 spiro atoms. The van der Waals surface area contributed by atoms with Gasteiger partial charge in [0.15, 0.2) is 5.65 Å². The third-order valence-corrected chi connectivity index (χ3v) is 7.00. The Kier molecular flexibility index (Phi) is 6.62. The van der Waals surface area contributed by atoms with Crippen molar-refractivity contribution in [2.24, 2.45) is 11.8 Å². The summed E-state index contributed by atoms with van der Waals surface area (Å²) < 4.78 is 13.9. The Hall–Kier alpha value is -3.54. The second-order valence-electron chi connectivity index (χ2n) is 8.35. The molecule has 1 fully saturated rings. The summed E-state index contributed by atoms with van der Waals surface area (Å²) in [5.41, 5.74) is 8.16. The fourth-order valence-corrected chi connectivity index (χ4v) is 4.97. The van der Waals surface area contributed by atoms with Crippen molar-refractivity contribution in [3.8, 4) is 0 Å². The van der Waals surface area contributed by atoms with Crippen molar-refractivity contribution in [2.45, 2.75) is 12.5 Å². The van der Waals surface area contributed by atoms with Gasteiger partial charge in [-0.15, -0.1) is 0 Å². The van der Waals surface area contributed by atoms with Crippen molar-refractivity contribution in [2.75, 3.05) is 18.9 Å². The van der Waals surface area contributed by atoms with Gasteiger partial charge in [0.1, 0.15) is 9.22 Å². The molecule has 2 aromatic heterocycles. The second-order valence-corrected chi connectivity index (χ2v) is 9.37. The van der Waals surface area contributed by atoms with Crippen molar-refractivity contribution >= 4 is 51.6 Å². The molecule has 2 N–H and O–H groups in total. The van der Waals surface area contributed by atoms with Crippen molar-refractivity contribution < 1.29 is 19.1 Å². The minimum atomic E-state index is -0.395. The summed E-state index contributed by atoms with van der Waals surface area (Å²) in [5, 5.41) is 0. The number of hydrogen-bond donors (Lipinski definition) is 1. The summed E-state index contributed by atoms with van der Waals surface area (Å²) in [6.45, 7) is 0.391. The van der Waals surface area contributed by atoms with Crippen LogP contribution in [0.3, 0.4) is 0 Å². The molecule has 0 amide bonds. The van der Waals surface area contributed by atoms with Crippen LogP contribution in [0.4, 0.5) is 5.95 Å². The van der Waals surface area contributed by atoms with Gasteiger partial charge >= 0.3 is 11.9 Å². The maximum absolute atomic E-state index is 12.6. The van der Waals surface area contributed by atoms with Crippen LogP contribution in [0.5, 0.6) is 0 Å².